The van der Waals surface area contributed by atoms with Gasteiger partial charge >= 0.3 is 0 Å². The second-order valence-electron chi connectivity index (χ2n) is 5.71. The molecule has 2 heterocycles. The number of ether oxygens (including phenoxy) is 1. The van der Waals surface area contributed by atoms with Crippen LogP contribution in [0.15, 0.2) is 53.6 Å². The minimum atomic E-state index is -0.615. The Morgan fingerprint density at radius 2 is 1.96 bits per heavy atom. The van der Waals surface area contributed by atoms with Crippen molar-refractivity contribution in [2.45, 2.75) is 6.54 Å². The van der Waals surface area contributed by atoms with Gasteiger partial charge in [0.1, 0.15) is 5.56 Å². The Labute approximate surface area is 154 Å². The molecule has 2 aromatic heterocycles. The zero-order valence-corrected chi connectivity index (χ0v) is 14.6. The Hall–Kier alpha value is -3.68. The van der Waals surface area contributed by atoms with Crippen molar-refractivity contribution < 1.29 is 14.3 Å². The number of benzene rings is 1. The molecule has 0 saturated carbocycles. The van der Waals surface area contributed by atoms with Crippen molar-refractivity contribution in [3.8, 4) is 5.88 Å². The summed E-state index contributed by atoms with van der Waals surface area (Å²) in [7, 11) is 1.50. The number of fused-ring (bicyclic) bond motifs is 1. The van der Waals surface area contributed by atoms with Gasteiger partial charge in [-0.25, -0.2) is 4.98 Å². The summed E-state index contributed by atoms with van der Waals surface area (Å²) in [5, 5.41) is 5.53. The zero-order chi connectivity index (χ0) is 19.2. The maximum atomic E-state index is 12.4. The standard InChI is InChI=1S/C19H18N4O4/c1-27-19-12(5-4-8-20-19)9-22-16(24)11-23-18(26)14-10-21-15-7-3-2-6-13(15)17(14)25/h2-8,10H,9,11H2,1H3,(H,21,25)(H,22,24)(H,23,26). The molecule has 3 N–H and O–H groups in total. The SMILES string of the molecule is COc1ncccc1CNC(=O)CNC(=O)c1c[nH]c2ccccc2c1=O. The van der Waals surface area contributed by atoms with Crippen molar-refractivity contribution in [3.63, 3.8) is 0 Å². The lowest BCUT2D eigenvalue weighted by Crippen LogP contribution is -2.38. The summed E-state index contributed by atoms with van der Waals surface area (Å²) in [6, 6.07) is 10.4. The van der Waals surface area contributed by atoms with Gasteiger partial charge in [0.05, 0.1) is 13.7 Å². The van der Waals surface area contributed by atoms with E-state index in [0.717, 1.165) is 0 Å². The molecule has 0 radical (unpaired) electrons. The molecule has 2 amide bonds. The first-order chi connectivity index (χ1) is 13.1. The lowest BCUT2D eigenvalue weighted by Gasteiger charge is -2.09. The molecule has 0 fully saturated rings. The molecule has 3 aromatic rings. The number of H-pyrrole nitrogens is 1. The van der Waals surface area contributed by atoms with Crippen LogP contribution in [-0.4, -0.2) is 35.4 Å². The third-order valence-electron chi connectivity index (χ3n) is 3.96. The van der Waals surface area contributed by atoms with E-state index in [9.17, 15) is 14.4 Å². The van der Waals surface area contributed by atoms with Gasteiger partial charge in [0, 0.05) is 35.4 Å². The molecule has 0 unspecified atom stereocenters. The average molecular weight is 366 g/mol. The lowest BCUT2D eigenvalue weighted by atomic mass is 10.1. The van der Waals surface area contributed by atoms with Crippen molar-refractivity contribution in [1.82, 2.24) is 20.6 Å². The highest BCUT2D eigenvalue weighted by Crippen LogP contribution is 2.12. The molecule has 3 rings (SSSR count). The third-order valence-corrected chi connectivity index (χ3v) is 3.96. The maximum Gasteiger partial charge on any atom is 0.257 e. The topological polar surface area (TPSA) is 113 Å². The molecule has 8 nitrogen and oxygen atoms in total. The number of amides is 2. The average Bonchev–Trinajstić information content (AvgIpc) is 2.71. The van der Waals surface area contributed by atoms with Crippen molar-refractivity contribution in [2.75, 3.05) is 13.7 Å². The molecule has 138 valence electrons. The predicted molar refractivity (Wildman–Crippen MR) is 99.5 cm³/mol. The van der Waals surface area contributed by atoms with Crippen LogP contribution in [0.2, 0.25) is 0 Å². The number of methoxy groups -OCH3 is 1. The van der Waals surface area contributed by atoms with Gasteiger partial charge < -0.3 is 20.4 Å². The first kappa shape index (κ1) is 18.1. The van der Waals surface area contributed by atoms with E-state index in [2.05, 4.69) is 20.6 Å². The minimum Gasteiger partial charge on any atom is -0.481 e. The number of aromatic nitrogens is 2. The van der Waals surface area contributed by atoms with Gasteiger partial charge in [0.25, 0.3) is 5.91 Å². The number of carbonyl (C=O) groups excluding carboxylic acids is 2. The molecule has 0 aliphatic rings. The number of carbonyl (C=O) groups is 2. The zero-order valence-electron chi connectivity index (χ0n) is 14.6. The number of rotatable bonds is 6. The number of hydrogen-bond donors (Lipinski definition) is 3. The molecule has 27 heavy (non-hydrogen) atoms. The van der Waals surface area contributed by atoms with Crippen LogP contribution in [0.4, 0.5) is 0 Å². The highest BCUT2D eigenvalue weighted by molar-refractivity contribution is 5.98. The summed E-state index contributed by atoms with van der Waals surface area (Å²) in [5.41, 5.74) is 0.922. The number of para-hydroxylation sites is 1. The molecule has 0 spiro atoms. The fraction of sp³-hybridized carbons (Fsp3) is 0.158. The van der Waals surface area contributed by atoms with E-state index in [-0.39, 0.29) is 24.1 Å². The molecule has 0 atom stereocenters. The molecular weight excluding hydrogens is 348 g/mol. The van der Waals surface area contributed by atoms with Gasteiger partial charge in [-0.15, -0.1) is 0 Å². The number of aromatic amines is 1. The van der Waals surface area contributed by atoms with Crippen molar-refractivity contribution in [2.24, 2.45) is 0 Å². The van der Waals surface area contributed by atoms with E-state index < -0.39 is 11.8 Å². The van der Waals surface area contributed by atoms with Gasteiger partial charge in [0.15, 0.2) is 0 Å². The number of pyridine rings is 2. The van der Waals surface area contributed by atoms with E-state index in [1.54, 1.807) is 42.6 Å². The monoisotopic (exact) mass is 366 g/mol. The summed E-state index contributed by atoms with van der Waals surface area (Å²) in [6.07, 6.45) is 2.93. The van der Waals surface area contributed by atoms with Crippen LogP contribution in [0.3, 0.4) is 0 Å². The maximum absolute atomic E-state index is 12.4. The second-order valence-corrected chi connectivity index (χ2v) is 5.71. The first-order valence-electron chi connectivity index (χ1n) is 8.23. The number of nitrogens with zero attached hydrogens (tertiary/aromatic N) is 1. The van der Waals surface area contributed by atoms with Gasteiger partial charge in [-0.3, -0.25) is 14.4 Å². The minimum absolute atomic E-state index is 0.0459. The van der Waals surface area contributed by atoms with Crippen LogP contribution in [0.5, 0.6) is 5.88 Å². The third kappa shape index (κ3) is 4.12. The first-order valence-corrected chi connectivity index (χ1v) is 8.23. The van der Waals surface area contributed by atoms with E-state index in [0.29, 0.717) is 22.3 Å². The number of nitrogens with one attached hydrogen (secondary N) is 3. The summed E-state index contributed by atoms with van der Waals surface area (Å²) in [6.45, 7) is -0.0457. The Kier molecular flexibility index (Phi) is 5.46. The van der Waals surface area contributed by atoms with E-state index in [4.69, 9.17) is 4.74 Å². The summed E-state index contributed by atoms with van der Waals surface area (Å²) in [4.78, 5) is 43.6. The van der Waals surface area contributed by atoms with Crippen LogP contribution in [0.25, 0.3) is 10.9 Å². The van der Waals surface area contributed by atoms with Crippen LogP contribution in [0.1, 0.15) is 15.9 Å². The van der Waals surface area contributed by atoms with Crippen molar-refractivity contribution in [3.05, 3.63) is 70.1 Å². The van der Waals surface area contributed by atoms with E-state index in [1.807, 2.05) is 0 Å². The van der Waals surface area contributed by atoms with Crippen LogP contribution < -0.4 is 20.8 Å². The Balaban J connectivity index is 1.60. The molecule has 0 aliphatic heterocycles. The fourth-order valence-electron chi connectivity index (χ4n) is 2.59. The lowest BCUT2D eigenvalue weighted by molar-refractivity contribution is -0.120. The van der Waals surface area contributed by atoms with E-state index in [1.165, 1.54) is 13.3 Å². The smallest absolute Gasteiger partial charge is 0.257 e. The normalized spacial score (nSPS) is 10.4. The largest absolute Gasteiger partial charge is 0.481 e. The second kappa shape index (κ2) is 8.13. The molecule has 0 aliphatic carbocycles. The van der Waals surface area contributed by atoms with Crippen molar-refractivity contribution in [1.29, 1.82) is 0 Å². The fourth-order valence-corrected chi connectivity index (χ4v) is 2.59. The van der Waals surface area contributed by atoms with Crippen molar-refractivity contribution >= 4 is 22.7 Å². The highest BCUT2D eigenvalue weighted by atomic mass is 16.5. The van der Waals surface area contributed by atoms with Gasteiger partial charge in [0.2, 0.25) is 17.2 Å². The Morgan fingerprint density at radius 3 is 2.78 bits per heavy atom. The summed E-state index contributed by atoms with van der Waals surface area (Å²) >= 11 is 0. The Bertz CT molecular complexity index is 1050. The number of hydrogen-bond acceptors (Lipinski definition) is 5. The van der Waals surface area contributed by atoms with Crippen LogP contribution >= 0.6 is 0 Å². The van der Waals surface area contributed by atoms with Crippen LogP contribution in [-0.2, 0) is 11.3 Å². The van der Waals surface area contributed by atoms with Gasteiger partial charge in [-0.1, -0.05) is 18.2 Å². The molecule has 0 bridgehead atoms. The molecular formula is C19H18N4O4. The summed E-state index contributed by atoms with van der Waals surface area (Å²) < 4.78 is 5.11. The predicted octanol–water partition coefficient (Wildman–Crippen LogP) is 0.978. The quantitative estimate of drug-likeness (QED) is 0.602. The molecule has 8 heteroatoms. The van der Waals surface area contributed by atoms with E-state index >= 15 is 0 Å². The van der Waals surface area contributed by atoms with Crippen LogP contribution in [0, 0.1) is 0 Å². The molecule has 1 aromatic carbocycles. The summed E-state index contributed by atoms with van der Waals surface area (Å²) in [5.74, 6) is -0.591. The highest BCUT2D eigenvalue weighted by Gasteiger charge is 2.14. The van der Waals surface area contributed by atoms with Gasteiger partial charge in [-0.2, -0.15) is 0 Å². The Morgan fingerprint density at radius 1 is 1.15 bits per heavy atom. The van der Waals surface area contributed by atoms with Gasteiger partial charge in [-0.05, 0) is 18.2 Å². The molecule has 0 saturated heterocycles.